The zero-order valence-electron chi connectivity index (χ0n) is 11.7. The van der Waals surface area contributed by atoms with Crippen molar-refractivity contribution >= 4 is 17.5 Å². The minimum atomic E-state index is -0.169. The number of aromatic nitrogens is 2. The molecule has 0 aromatic carbocycles. The van der Waals surface area contributed by atoms with E-state index in [-0.39, 0.29) is 11.9 Å². The van der Waals surface area contributed by atoms with E-state index >= 15 is 0 Å². The maximum absolute atomic E-state index is 11.9. The molecule has 2 rings (SSSR count). The molecule has 1 aromatic rings. The van der Waals surface area contributed by atoms with E-state index in [0.29, 0.717) is 0 Å². The van der Waals surface area contributed by atoms with Gasteiger partial charge in [0.2, 0.25) is 5.91 Å². The minimum absolute atomic E-state index is 0.126. The lowest BCUT2D eigenvalue weighted by Gasteiger charge is -2.16. The Morgan fingerprint density at radius 3 is 2.79 bits per heavy atom. The van der Waals surface area contributed by atoms with Gasteiger partial charge in [0.05, 0.1) is 0 Å². The van der Waals surface area contributed by atoms with Crippen molar-refractivity contribution < 1.29 is 4.79 Å². The summed E-state index contributed by atoms with van der Waals surface area (Å²) >= 11 is 0. The Hall–Kier alpha value is -1.85. The van der Waals surface area contributed by atoms with Gasteiger partial charge in [0.1, 0.15) is 24.0 Å². The Morgan fingerprint density at radius 1 is 1.42 bits per heavy atom. The van der Waals surface area contributed by atoms with Crippen molar-refractivity contribution in [1.29, 1.82) is 0 Å². The lowest BCUT2D eigenvalue weighted by atomic mass is 10.2. The number of hydrogen-bond acceptors (Lipinski definition) is 5. The van der Waals surface area contributed by atoms with E-state index in [1.807, 2.05) is 14.0 Å². The molecule has 0 aliphatic carbocycles. The summed E-state index contributed by atoms with van der Waals surface area (Å²) in [6.45, 7) is 5.74. The van der Waals surface area contributed by atoms with Gasteiger partial charge in [0, 0.05) is 25.7 Å². The first-order valence-electron chi connectivity index (χ1n) is 6.70. The predicted molar refractivity (Wildman–Crippen MR) is 75.2 cm³/mol. The fraction of sp³-hybridized carbons (Fsp3) is 0.615. The first-order chi connectivity index (χ1) is 9.13. The molecule has 6 heteroatoms. The quantitative estimate of drug-likeness (QED) is 0.836. The van der Waals surface area contributed by atoms with Crippen LogP contribution in [0.2, 0.25) is 0 Å². The van der Waals surface area contributed by atoms with Crippen molar-refractivity contribution in [3.8, 4) is 0 Å². The molecular weight excluding hydrogens is 242 g/mol. The lowest BCUT2D eigenvalue weighted by molar-refractivity contribution is -0.127. The third-order valence-corrected chi connectivity index (χ3v) is 3.36. The molecule has 0 bridgehead atoms. The van der Waals surface area contributed by atoms with Crippen LogP contribution in [0.5, 0.6) is 0 Å². The van der Waals surface area contributed by atoms with Crippen LogP contribution < -0.4 is 10.6 Å². The molecule has 1 aromatic heterocycles. The van der Waals surface area contributed by atoms with E-state index in [1.165, 1.54) is 6.33 Å². The number of carbonyl (C=O) groups excluding carboxylic acids is 1. The molecule has 1 atom stereocenters. The summed E-state index contributed by atoms with van der Waals surface area (Å²) in [6, 6.07) is -0.169. The number of rotatable bonds is 5. The van der Waals surface area contributed by atoms with Crippen molar-refractivity contribution in [2.24, 2.45) is 0 Å². The number of nitrogens with one attached hydrogen (secondary N) is 2. The molecule has 6 nitrogen and oxygen atoms in total. The molecule has 1 unspecified atom stereocenters. The van der Waals surface area contributed by atoms with Gasteiger partial charge in [0.25, 0.3) is 0 Å². The van der Waals surface area contributed by atoms with Gasteiger partial charge in [-0.25, -0.2) is 9.97 Å². The first-order valence-corrected chi connectivity index (χ1v) is 6.70. The normalized spacial score (nSPS) is 18.8. The van der Waals surface area contributed by atoms with Crippen LogP contribution in [0.25, 0.3) is 0 Å². The summed E-state index contributed by atoms with van der Waals surface area (Å²) < 4.78 is 0. The minimum Gasteiger partial charge on any atom is -0.370 e. The van der Waals surface area contributed by atoms with Crippen molar-refractivity contribution in [2.45, 2.75) is 32.7 Å². The zero-order valence-corrected chi connectivity index (χ0v) is 11.7. The second-order valence-corrected chi connectivity index (χ2v) is 4.87. The molecule has 0 spiro atoms. The summed E-state index contributed by atoms with van der Waals surface area (Å²) in [7, 11) is 1.82. The van der Waals surface area contributed by atoms with Crippen molar-refractivity contribution in [2.75, 3.05) is 30.8 Å². The number of nitrogens with zero attached hydrogens (tertiary/aromatic N) is 3. The van der Waals surface area contributed by atoms with Gasteiger partial charge in [-0.15, -0.1) is 0 Å². The van der Waals surface area contributed by atoms with Gasteiger partial charge in [-0.3, -0.25) is 4.79 Å². The van der Waals surface area contributed by atoms with Gasteiger partial charge in [-0.05, 0) is 19.8 Å². The monoisotopic (exact) mass is 263 g/mol. The number of anilines is 2. The molecular formula is C13H21N5O. The van der Waals surface area contributed by atoms with E-state index in [4.69, 9.17) is 0 Å². The molecule has 1 aliphatic heterocycles. The first kappa shape index (κ1) is 13.6. The van der Waals surface area contributed by atoms with Crippen LogP contribution in [0.1, 0.15) is 25.3 Å². The summed E-state index contributed by atoms with van der Waals surface area (Å²) in [5.74, 6) is 1.70. The molecule has 19 heavy (non-hydrogen) atoms. The summed E-state index contributed by atoms with van der Waals surface area (Å²) in [5, 5.41) is 6.49. The second kappa shape index (κ2) is 5.86. The summed E-state index contributed by atoms with van der Waals surface area (Å²) in [6.07, 6.45) is 3.38. The highest BCUT2D eigenvalue weighted by Gasteiger charge is 2.29. The smallest absolute Gasteiger partial charge is 0.244 e. The number of hydrogen-bond donors (Lipinski definition) is 2. The molecule has 104 valence electrons. The fourth-order valence-corrected chi connectivity index (χ4v) is 2.14. The number of likely N-dealkylation sites (tertiary alicyclic amines) is 1. The molecule has 2 heterocycles. The van der Waals surface area contributed by atoms with E-state index in [1.54, 1.807) is 4.90 Å². The lowest BCUT2D eigenvalue weighted by Crippen LogP contribution is -2.31. The van der Waals surface area contributed by atoms with Crippen molar-refractivity contribution in [3.05, 3.63) is 11.9 Å². The Balaban J connectivity index is 2.10. The summed E-state index contributed by atoms with van der Waals surface area (Å²) in [5.41, 5.74) is 0.957. The zero-order chi connectivity index (χ0) is 13.8. The van der Waals surface area contributed by atoms with Gasteiger partial charge in [0.15, 0.2) is 0 Å². The van der Waals surface area contributed by atoms with E-state index < -0.39 is 0 Å². The Morgan fingerprint density at radius 2 is 2.16 bits per heavy atom. The molecule has 2 N–H and O–H groups in total. The predicted octanol–water partition coefficient (Wildman–Crippen LogP) is 1.25. The average Bonchev–Trinajstić information content (AvgIpc) is 2.72. The van der Waals surface area contributed by atoms with E-state index in [2.05, 4.69) is 27.5 Å². The highest BCUT2D eigenvalue weighted by molar-refractivity contribution is 5.86. The molecule has 1 fully saturated rings. The topological polar surface area (TPSA) is 70.2 Å². The highest BCUT2D eigenvalue weighted by Crippen LogP contribution is 2.21. The Kier molecular flexibility index (Phi) is 4.19. The highest BCUT2D eigenvalue weighted by atomic mass is 16.2. The molecule has 1 aliphatic rings. The molecule has 0 saturated carbocycles. The van der Waals surface area contributed by atoms with Gasteiger partial charge in [-0.2, -0.15) is 0 Å². The van der Waals surface area contributed by atoms with Crippen LogP contribution in [0.15, 0.2) is 6.33 Å². The number of carbonyl (C=O) groups is 1. The van der Waals surface area contributed by atoms with Gasteiger partial charge < -0.3 is 15.5 Å². The van der Waals surface area contributed by atoms with Crippen LogP contribution in [-0.2, 0) is 4.79 Å². The maximum Gasteiger partial charge on any atom is 0.244 e. The van der Waals surface area contributed by atoms with Crippen molar-refractivity contribution in [1.82, 2.24) is 14.9 Å². The van der Waals surface area contributed by atoms with Gasteiger partial charge in [-0.1, -0.05) is 6.92 Å². The molecule has 1 saturated heterocycles. The number of amides is 1. The third kappa shape index (κ3) is 2.94. The standard InChI is InChI=1S/C13H21N5O/c1-4-6-14-11-9(2)12(16-8-15-11)17-10-5-7-18(3)13(10)19/h8,10H,4-7H2,1-3H3,(H2,14,15,16,17). The second-order valence-electron chi connectivity index (χ2n) is 4.87. The van der Waals surface area contributed by atoms with E-state index in [0.717, 1.165) is 43.1 Å². The molecule has 0 radical (unpaired) electrons. The van der Waals surface area contributed by atoms with Crippen LogP contribution >= 0.6 is 0 Å². The summed E-state index contributed by atoms with van der Waals surface area (Å²) in [4.78, 5) is 22.1. The van der Waals surface area contributed by atoms with Crippen LogP contribution in [0.4, 0.5) is 11.6 Å². The average molecular weight is 263 g/mol. The van der Waals surface area contributed by atoms with Crippen LogP contribution in [-0.4, -0.2) is 47.0 Å². The Bertz CT molecular complexity index is 462. The molecule has 1 amide bonds. The van der Waals surface area contributed by atoms with E-state index in [9.17, 15) is 4.79 Å². The van der Waals surface area contributed by atoms with Crippen LogP contribution in [0.3, 0.4) is 0 Å². The number of likely N-dealkylation sites (N-methyl/N-ethyl adjacent to an activating group) is 1. The SMILES string of the molecule is CCCNc1ncnc(NC2CCN(C)C2=O)c1C. The Labute approximate surface area is 113 Å². The van der Waals surface area contributed by atoms with Gasteiger partial charge >= 0.3 is 0 Å². The maximum atomic E-state index is 11.9. The van der Waals surface area contributed by atoms with Crippen LogP contribution in [0, 0.1) is 6.92 Å². The fourth-order valence-electron chi connectivity index (χ4n) is 2.14. The third-order valence-electron chi connectivity index (χ3n) is 3.36. The largest absolute Gasteiger partial charge is 0.370 e. The van der Waals surface area contributed by atoms with Crippen molar-refractivity contribution in [3.63, 3.8) is 0 Å².